The Morgan fingerprint density at radius 3 is 1.33 bits per heavy atom. The van der Waals surface area contributed by atoms with E-state index in [2.05, 4.69) is 0 Å². The van der Waals surface area contributed by atoms with Crippen LogP contribution in [-0.4, -0.2) is 11.6 Å². The summed E-state index contributed by atoms with van der Waals surface area (Å²) in [6, 6.07) is 0. The zero-order chi connectivity index (χ0) is 7.15. The molecule has 3 N–H and O–H groups in total. The molecule has 0 aromatic rings. The van der Waals surface area contributed by atoms with Gasteiger partial charge in [0.25, 0.3) is 0 Å². The smallest absolute Gasteiger partial charge is 0.126 e. The van der Waals surface area contributed by atoms with Crippen LogP contribution >= 0.6 is 0 Å². The topological polar surface area (TPSA) is 66.9 Å². The fourth-order valence-electron chi connectivity index (χ4n) is 0. The minimum atomic E-state index is 0. The average Bonchev–Trinajstić information content (AvgIpc) is 1.25. The largest absolute Gasteiger partial charge is 0.388 e. The van der Waals surface area contributed by atoms with Gasteiger partial charge in [-0.3, -0.25) is 5.41 Å². The van der Waals surface area contributed by atoms with Gasteiger partial charge in [0, 0.05) is 18.6 Å². The standard InChI is InChI=1S/C3H6O.C2H6N2.V/c1-3(2)4;1-2(3)4;/h1-2H3;1H3,(H3,3,4);. The molecule has 0 aliphatic carbocycles. The van der Waals surface area contributed by atoms with E-state index in [1.54, 1.807) is 0 Å². The van der Waals surface area contributed by atoms with Crippen LogP contribution in [0.1, 0.15) is 20.8 Å². The van der Waals surface area contributed by atoms with Crippen molar-refractivity contribution in [3.8, 4) is 0 Å². The summed E-state index contributed by atoms with van der Waals surface area (Å²) in [4.78, 5) is 9.44. The van der Waals surface area contributed by atoms with Gasteiger partial charge in [-0.05, 0) is 20.8 Å². The number of nitrogens with two attached hydrogens (primary N) is 1. The maximum Gasteiger partial charge on any atom is 0.126 e. The second-order valence-corrected chi connectivity index (χ2v) is 1.59. The van der Waals surface area contributed by atoms with Gasteiger partial charge < -0.3 is 10.5 Å². The minimum absolute atomic E-state index is 0. The fourth-order valence-corrected chi connectivity index (χ4v) is 0. The third-order valence-electron chi connectivity index (χ3n) is 0. The Bertz CT molecular complexity index is 73.0. The molecule has 0 aromatic heterocycles. The van der Waals surface area contributed by atoms with Crippen molar-refractivity contribution in [2.24, 2.45) is 5.73 Å². The minimum Gasteiger partial charge on any atom is -0.388 e. The van der Waals surface area contributed by atoms with Gasteiger partial charge in [-0.25, -0.2) is 0 Å². The van der Waals surface area contributed by atoms with Crippen LogP contribution in [0.5, 0.6) is 0 Å². The SMILES string of the molecule is CC(=N)N.CC(C)=O.[V]. The van der Waals surface area contributed by atoms with E-state index in [-0.39, 0.29) is 30.2 Å². The number of hydrogen-bond acceptors (Lipinski definition) is 2. The molecule has 0 rings (SSSR count). The molecule has 0 saturated carbocycles. The van der Waals surface area contributed by atoms with Crippen molar-refractivity contribution < 1.29 is 23.4 Å². The van der Waals surface area contributed by atoms with E-state index in [1.807, 2.05) is 0 Å². The first kappa shape index (κ1) is 15.9. The molecule has 0 bridgehead atoms. The molecule has 0 amide bonds. The Labute approximate surface area is 67.4 Å². The first-order valence-electron chi connectivity index (χ1n) is 2.24. The van der Waals surface area contributed by atoms with Gasteiger partial charge in [0.15, 0.2) is 0 Å². The van der Waals surface area contributed by atoms with Crippen LogP contribution in [0.3, 0.4) is 0 Å². The third-order valence-corrected chi connectivity index (χ3v) is 0. The number of rotatable bonds is 0. The number of amidine groups is 1. The summed E-state index contributed by atoms with van der Waals surface area (Å²) in [7, 11) is 0. The van der Waals surface area contributed by atoms with Gasteiger partial charge >= 0.3 is 0 Å². The van der Waals surface area contributed by atoms with Crippen molar-refractivity contribution in [3.05, 3.63) is 0 Å². The van der Waals surface area contributed by atoms with Crippen molar-refractivity contribution in [3.63, 3.8) is 0 Å². The Morgan fingerprint density at radius 2 is 1.33 bits per heavy atom. The molecule has 0 heterocycles. The van der Waals surface area contributed by atoms with E-state index in [9.17, 15) is 4.79 Å². The van der Waals surface area contributed by atoms with Gasteiger partial charge in [-0.2, -0.15) is 0 Å². The molecule has 0 aromatic carbocycles. The molecule has 9 heavy (non-hydrogen) atoms. The summed E-state index contributed by atoms with van der Waals surface area (Å²) in [5, 5.41) is 6.28. The molecule has 0 aliphatic heterocycles. The van der Waals surface area contributed by atoms with Gasteiger partial charge in [0.05, 0.1) is 5.84 Å². The second kappa shape index (κ2) is 10.7. The fraction of sp³-hybridized carbons (Fsp3) is 0.600. The average molecular weight is 167 g/mol. The monoisotopic (exact) mass is 167 g/mol. The van der Waals surface area contributed by atoms with Crippen molar-refractivity contribution in [1.82, 2.24) is 0 Å². The molecule has 0 unspecified atom stereocenters. The van der Waals surface area contributed by atoms with E-state index in [1.165, 1.54) is 20.8 Å². The number of nitrogens with one attached hydrogen (secondary N) is 1. The first-order valence-corrected chi connectivity index (χ1v) is 2.24. The van der Waals surface area contributed by atoms with Crippen LogP contribution in [0, 0.1) is 5.41 Å². The van der Waals surface area contributed by atoms with Crippen LogP contribution in [0.2, 0.25) is 0 Å². The van der Waals surface area contributed by atoms with E-state index in [0.29, 0.717) is 0 Å². The summed E-state index contributed by atoms with van der Waals surface area (Å²) in [5.41, 5.74) is 4.69. The summed E-state index contributed by atoms with van der Waals surface area (Å²) >= 11 is 0. The zero-order valence-electron chi connectivity index (χ0n) is 5.93. The van der Waals surface area contributed by atoms with Crippen LogP contribution < -0.4 is 5.73 Å². The normalized spacial score (nSPS) is 5.67. The van der Waals surface area contributed by atoms with Crippen molar-refractivity contribution in [2.75, 3.05) is 0 Å². The van der Waals surface area contributed by atoms with Crippen molar-refractivity contribution >= 4 is 11.6 Å². The molecule has 4 heteroatoms. The van der Waals surface area contributed by atoms with Crippen molar-refractivity contribution in [1.29, 1.82) is 5.41 Å². The Morgan fingerprint density at radius 1 is 1.33 bits per heavy atom. The number of Topliss-reactive ketones (excluding diaryl/α,β-unsaturated/α-hetero) is 1. The van der Waals surface area contributed by atoms with Crippen LogP contribution in [-0.2, 0) is 23.4 Å². The van der Waals surface area contributed by atoms with Crippen LogP contribution in [0.25, 0.3) is 0 Å². The van der Waals surface area contributed by atoms with Crippen LogP contribution in [0.4, 0.5) is 0 Å². The van der Waals surface area contributed by atoms with Crippen molar-refractivity contribution in [2.45, 2.75) is 20.8 Å². The van der Waals surface area contributed by atoms with Gasteiger partial charge in [0.1, 0.15) is 5.78 Å². The maximum absolute atomic E-state index is 9.44. The molecule has 53 valence electrons. The predicted molar refractivity (Wildman–Crippen MR) is 33.9 cm³/mol. The zero-order valence-corrected chi connectivity index (χ0v) is 7.33. The molecule has 1 radical (unpaired) electrons. The molecular formula is C5H12N2OV. The summed E-state index contributed by atoms with van der Waals surface area (Å²) in [5.74, 6) is 0.333. The predicted octanol–water partition coefficient (Wildman–Crippen LogP) is 0.535. The summed E-state index contributed by atoms with van der Waals surface area (Å²) < 4.78 is 0. The molecule has 0 spiro atoms. The summed E-state index contributed by atoms with van der Waals surface area (Å²) in [6.07, 6.45) is 0. The number of carbonyl (C=O) groups is 1. The molecule has 0 aliphatic rings. The van der Waals surface area contributed by atoms with Gasteiger partial charge in [-0.15, -0.1) is 0 Å². The van der Waals surface area contributed by atoms with Crippen LogP contribution in [0.15, 0.2) is 0 Å². The van der Waals surface area contributed by atoms with E-state index >= 15 is 0 Å². The molecular weight excluding hydrogens is 155 g/mol. The first-order chi connectivity index (χ1) is 3.46. The Hall–Kier alpha value is -0.276. The Kier molecular flexibility index (Phi) is 18.8. The number of carbonyl (C=O) groups excluding carboxylic acids is 1. The number of ketones is 1. The van der Waals surface area contributed by atoms with E-state index in [0.717, 1.165) is 0 Å². The molecule has 0 atom stereocenters. The van der Waals surface area contributed by atoms with E-state index in [4.69, 9.17) is 11.1 Å². The second-order valence-electron chi connectivity index (χ2n) is 1.59. The van der Waals surface area contributed by atoms with E-state index < -0.39 is 0 Å². The summed E-state index contributed by atoms with van der Waals surface area (Å²) in [6.45, 7) is 4.58. The molecule has 0 saturated heterocycles. The quantitative estimate of drug-likeness (QED) is 0.408. The molecule has 3 nitrogen and oxygen atoms in total. The molecule has 0 fully saturated rings. The Balaban J connectivity index is -0.0000000720. The number of hydrogen-bond donors (Lipinski definition) is 2. The third kappa shape index (κ3) is 3330. The maximum atomic E-state index is 9.44. The van der Waals surface area contributed by atoms with Gasteiger partial charge in [-0.1, -0.05) is 0 Å². The van der Waals surface area contributed by atoms with Gasteiger partial charge in [0.2, 0.25) is 0 Å².